The summed E-state index contributed by atoms with van der Waals surface area (Å²) in [5.74, 6) is 1.02. The van der Waals surface area contributed by atoms with Gasteiger partial charge in [0.15, 0.2) is 18.2 Å². The average Bonchev–Trinajstić information content (AvgIpc) is 2.53. The number of ketones is 1. The van der Waals surface area contributed by atoms with Gasteiger partial charge in [0.05, 0.1) is 18.3 Å². The summed E-state index contributed by atoms with van der Waals surface area (Å²) in [6.45, 7) is -0.203. The highest BCUT2D eigenvalue weighted by Gasteiger charge is 2.14. The van der Waals surface area contributed by atoms with Gasteiger partial charge >= 0.3 is 0 Å². The zero-order valence-corrected chi connectivity index (χ0v) is 13.4. The van der Waals surface area contributed by atoms with E-state index in [4.69, 9.17) is 32.7 Å². The van der Waals surface area contributed by atoms with Crippen LogP contribution in [0, 0.1) is 0 Å². The highest BCUT2D eigenvalue weighted by molar-refractivity contribution is 6.34. The van der Waals surface area contributed by atoms with Crippen LogP contribution in [0.5, 0.6) is 11.5 Å². The second kappa shape index (κ2) is 7.29. The van der Waals surface area contributed by atoms with E-state index in [2.05, 4.69) is 15.3 Å². The summed E-state index contributed by atoms with van der Waals surface area (Å²) < 4.78 is 10.5. The number of nitrogens with one attached hydrogen (secondary N) is 1. The van der Waals surface area contributed by atoms with Crippen molar-refractivity contribution in [3.05, 3.63) is 40.3 Å². The lowest BCUT2D eigenvalue weighted by Crippen LogP contribution is -2.13. The lowest BCUT2D eigenvalue weighted by atomic mass is 10.1. The fourth-order valence-corrected chi connectivity index (χ4v) is 2.11. The first-order valence-electron chi connectivity index (χ1n) is 6.25. The van der Waals surface area contributed by atoms with Crippen molar-refractivity contribution in [2.45, 2.75) is 0 Å². The van der Waals surface area contributed by atoms with Crippen molar-refractivity contribution in [1.82, 2.24) is 9.97 Å². The van der Waals surface area contributed by atoms with Gasteiger partial charge in [-0.05, 0) is 29.8 Å². The minimum absolute atomic E-state index is 0.0845. The molecule has 0 saturated heterocycles. The summed E-state index contributed by atoms with van der Waals surface area (Å²) in [7, 11) is 3.18. The van der Waals surface area contributed by atoms with E-state index < -0.39 is 0 Å². The van der Waals surface area contributed by atoms with Crippen LogP contribution in [0.4, 0.5) is 5.82 Å². The number of nitrogens with zero attached hydrogens (tertiary/aromatic N) is 2. The number of aromatic nitrogens is 2. The van der Waals surface area contributed by atoms with Gasteiger partial charge in [-0.15, -0.1) is 0 Å². The lowest BCUT2D eigenvalue weighted by Gasteiger charge is -2.10. The summed E-state index contributed by atoms with van der Waals surface area (Å²) in [5, 5.41) is 3.20. The van der Waals surface area contributed by atoms with Crippen LogP contribution in [-0.2, 0) is 0 Å². The Labute approximate surface area is 137 Å². The van der Waals surface area contributed by atoms with Gasteiger partial charge in [0.1, 0.15) is 5.75 Å². The normalized spacial score (nSPS) is 10.2. The van der Waals surface area contributed by atoms with Crippen molar-refractivity contribution in [3.63, 3.8) is 0 Å². The summed E-state index contributed by atoms with van der Waals surface area (Å²) in [5.41, 5.74) is 0.350. The minimum atomic E-state index is -0.273. The van der Waals surface area contributed by atoms with Gasteiger partial charge in [-0.3, -0.25) is 4.79 Å². The maximum absolute atomic E-state index is 12.2. The number of rotatable bonds is 6. The summed E-state index contributed by atoms with van der Waals surface area (Å²) in [4.78, 5) is 19.9. The van der Waals surface area contributed by atoms with Crippen molar-refractivity contribution >= 4 is 34.8 Å². The maximum Gasteiger partial charge on any atom is 0.224 e. The Kier molecular flexibility index (Phi) is 5.41. The molecule has 0 amide bonds. The van der Waals surface area contributed by atoms with Crippen LogP contribution in [0.15, 0.2) is 24.4 Å². The predicted octanol–water partition coefficient (Wildman–Crippen LogP) is 3.10. The third kappa shape index (κ3) is 3.78. The summed E-state index contributed by atoms with van der Waals surface area (Å²) in [6, 6.07) is 4.81. The van der Waals surface area contributed by atoms with Gasteiger partial charge < -0.3 is 14.8 Å². The zero-order chi connectivity index (χ0) is 16.1. The molecular formula is C14H13Cl2N3O3. The van der Waals surface area contributed by atoms with Crippen LogP contribution < -0.4 is 14.8 Å². The molecule has 1 aromatic heterocycles. The molecule has 0 aliphatic carbocycles. The number of Topliss-reactive ketones (excluding diaryl/α,β-unsaturated/α-hetero) is 1. The van der Waals surface area contributed by atoms with E-state index in [1.807, 2.05) is 0 Å². The highest BCUT2D eigenvalue weighted by atomic mass is 35.5. The van der Waals surface area contributed by atoms with Crippen molar-refractivity contribution in [1.29, 1.82) is 0 Å². The Hall–Kier alpha value is -2.05. The summed E-state index contributed by atoms with van der Waals surface area (Å²) >= 11 is 11.7. The number of carbonyl (C=O) groups excluding carboxylic acids is 1. The molecule has 0 aliphatic rings. The number of hydrogen-bond acceptors (Lipinski definition) is 6. The van der Waals surface area contributed by atoms with Crippen molar-refractivity contribution < 1.29 is 14.3 Å². The van der Waals surface area contributed by atoms with Gasteiger partial charge in [0.25, 0.3) is 0 Å². The number of hydrogen-bond donors (Lipinski definition) is 1. The highest BCUT2D eigenvalue weighted by Crippen LogP contribution is 2.24. The predicted molar refractivity (Wildman–Crippen MR) is 84.4 cm³/mol. The molecule has 22 heavy (non-hydrogen) atoms. The van der Waals surface area contributed by atoms with E-state index in [0.29, 0.717) is 27.9 Å². The van der Waals surface area contributed by atoms with E-state index in [0.717, 1.165) is 0 Å². The SMILES string of the molecule is CNc1nc(Cl)ncc1OCC(=O)c1ccc(OC)cc1Cl. The molecule has 1 heterocycles. The molecule has 0 aliphatic heterocycles. The van der Waals surface area contributed by atoms with Crippen molar-refractivity contribution in [2.24, 2.45) is 0 Å². The molecule has 0 fully saturated rings. The van der Waals surface area contributed by atoms with E-state index in [9.17, 15) is 4.79 Å². The third-order valence-electron chi connectivity index (χ3n) is 2.80. The van der Waals surface area contributed by atoms with Crippen molar-refractivity contribution in [2.75, 3.05) is 26.1 Å². The maximum atomic E-state index is 12.2. The molecule has 2 rings (SSSR count). The van der Waals surface area contributed by atoms with Crippen LogP contribution in [0.1, 0.15) is 10.4 Å². The van der Waals surface area contributed by atoms with Gasteiger partial charge in [0, 0.05) is 12.6 Å². The number of carbonyl (C=O) groups is 1. The van der Waals surface area contributed by atoms with Crippen LogP contribution in [0.3, 0.4) is 0 Å². The van der Waals surface area contributed by atoms with E-state index in [-0.39, 0.29) is 17.7 Å². The Bertz CT molecular complexity index is 695. The quantitative estimate of drug-likeness (QED) is 0.642. The van der Waals surface area contributed by atoms with E-state index >= 15 is 0 Å². The molecular weight excluding hydrogens is 329 g/mol. The Morgan fingerprint density at radius 1 is 1.36 bits per heavy atom. The first kappa shape index (κ1) is 16.3. The molecule has 0 radical (unpaired) electrons. The summed E-state index contributed by atoms with van der Waals surface area (Å²) in [6.07, 6.45) is 1.39. The standard InChI is InChI=1S/C14H13Cl2N3O3/c1-17-13-12(6-18-14(16)19-13)22-7-11(20)9-4-3-8(21-2)5-10(9)15/h3-6H,7H2,1-2H3,(H,17,18,19). The van der Waals surface area contributed by atoms with E-state index in [1.54, 1.807) is 25.2 Å². The average molecular weight is 342 g/mol. The molecule has 1 N–H and O–H groups in total. The molecule has 6 nitrogen and oxygen atoms in total. The lowest BCUT2D eigenvalue weighted by molar-refractivity contribution is 0.0922. The Morgan fingerprint density at radius 2 is 2.14 bits per heavy atom. The second-order valence-electron chi connectivity index (χ2n) is 4.16. The number of anilines is 1. The molecule has 0 atom stereocenters. The van der Waals surface area contributed by atoms with Crippen LogP contribution >= 0.6 is 23.2 Å². The Morgan fingerprint density at radius 3 is 2.77 bits per heavy atom. The van der Waals surface area contributed by atoms with Gasteiger partial charge in [0.2, 0.25) is 11.1 Å². The molecule has 0 unspecified atom stereocenters. The van der Waals surface area contributed by atoms with Gasteiger partial charge in [-0.25, -0.2) is 4.98 Å². The molecule has 0 saturated carbocycles. The molecule has 8 heteroatoms. The van der Waals surface area contributed by atoms with Crippen LogP contribution in [0.2, 0.25) is 10.3 Å². The topological polar surface area (TPSA) is 73.3 Å². The number of benzene rings is 1. The van der Waals surface area contributed by atoms with E-state index in [1.165, 1.54) is 13.3 Å². The number of ether oxygens (including phenoxy) is 2. The fourth-order valence-electron chi connectivity index (χ4n) is 1.70. The molecule has 1 aromatic carbocycles. The molecule has 0 spiro atoms. The number of halogens is 2. The van der Waals surface area contributed by atoms with Crippen LogP contribution in [-0.4, -0.2) is 36.5 Å². The molecule has 2 aromatic rings. The van der Waals surface area contributed by atoms with Crippen LogP contribution in [0.25, 0.3) is 0 Å². The first-order chi connectivity index (χ1) is 10.5. The minimum Gasteiger partial charge on any atom is -0.497 e. The second-order valence-corrected chi connectivity index (χ2v) is 4.90. The zero-order valence-electron chi connectivity index (χ0n) is 11.9. The van der Waals surface area contributed by atoms with Gasteiger partial charge in [-0.2, -0.15) is 4.98 Å². The molecule has 0 bridgehead atoms. The third-order valence-corrected chi connectivity index (χ3v) is 3.29. The first-order valence-corrected chi connectivity index (χ1v) is 7.00. The smallest absolute Gasteiger partial charge is 0.224 e. The largest absolute Gasteiger partial charge is 0.497 e. The Balaban J connectivity index is 2.10. The van der Waals surface area contributed by atoms with Gasteiger partial charge in [-0.1, -0.05) is 11.6 Å². The number of methoxy groups -OCH3 is 1. The molecule has 116 valence electrons. The monoisotopic (exact) mass is 341 g/mol. The fraction of sp³-hybridized carbons (Fsp3) is 0.214. The van der Waals surface area contributed by atoms with Crippen molar-refractivity contribution in [3.8, 4) is 11.5 Å².